The van der Waals surface area contributed by atoms with Gasteiger partial charge >= 0.3 is 5.97 Å². The van der Waals surface area contributed by atoms with Crippen LogP contribution in [0.25, 0.3) is 0 Å². The summed E-state index contributed by atoms with van der Waals surface area (Å²) in [5.74, 6) is -1.54. The average Bonchev–Trinajstić information content (AvgIpc) is 2.39. The molecular formula is C18H33NO4. The van der Waals surface area contributed by atoms with Crippen molar-refractivity contribution in [2.75, 3.05) is 27.7 Å². The molecule has 0 amide bonds. The number of esters is 1. The van der Waals surface area contributed by atoms with E-state index < -0.39 is 12.1 Å². The number of carbonyl (C=O) groups is 2. The number of quaternary nitrogens is 1. The number of hydrogen-bond acceptors (Lipinski definition) is 4. The highest BCUT2D eigenvalue weighted by Gasteiger charge is 2.22. The summed E-state index contributed by atoms with van der Waals surface area (Å²) >= 11 is 0. The number of carbonyl (C=O) groups excluding carboxylic acids is 2. The molecule has 23 heavy (non-hydrogen) atoms. The van der Waals surface area contributed by atoms with E-state index in [-0.39, 0.29) is 18.8 Å². The molecule has 0 aromatic heterocycles. The largest absolute Gasteiger partial charge is 0.550 e. The molecule has 0 aromatic rings. The van der Waals surface area contributed by atoms with Crippen LogP contribution in [0.3, 0.4) is 0 Å². The first-order valence-electron chi connectivity index (χ1n) is 8.59. The van der Waals surface area contributed by atoms with Gasteiger partial charge in [-0.3, -0.25) is 4.79 Å². The third kappa shape index (κ3) is 15.3. The van der Waals surface area contributed by atoms with E-state index >= 15 is 0 Å². The van der Waals surface area contributed by atoms with Crippen LogP contribution in [-0.2, 0) is 14.3 Å². The topological polar surface area (TPSA) is 66.4 Å². The number of likely N-dealkylation sites (N-methyl/N-ethyl adjacent to an activating group) is 1. The molecular weight excluding hydrogens is 294 g/mol. The van der Waals surface area contributed by atoms with Crippen molar-refractivity contribution in [2.45, 2.75) is 64.4 Å². The third-order valence-electron chi connectivity index (χ3n) is 3.35. The average molecular weight is 327 g/mol. The molecule has 0 saturated heterocycles. The molecule has 0 rings (SSSR count). The molecule has 0 N–H and O–H groups in total. The predicted molar refractivity (Wildman–Crippen MR) is 89.5 cm³/mol. The third-order valence-corrected chi connectivity index (χ3v) is 3.35. The first kappa shape index (κ1) is 21.6. The highest BCUT2D eigenvalue weighted by molar-refractivity contribution is 5.71. The fourth-order valence-electron chi connectivity index (χ4n) is 2.31. The summed E-state index contributed by atoms with van der Waals surface area (Å²) in [6.07, 6.45) is 10.1. The van der Waals surface area contributed by atoms with Gasteiger partial charge in [0.05, 0.1) is 21.1 Å². The lowest BCUT2D eigenvalue weighted by Crippen LogP contribution is -2.45. The maximum Gasteiger partial charge on any atom is 0.306 e. The van der Waals surface area contributed by atoms with Crippen LogP contribution in [0.2, 0.25) is 0 Å². The maximum atomic E-state index is 11.8. The van der Waals surface area contributed by atoms with Crippen molar-refractivity contribution < 1.29 is 23.9 Å². The van der Waals surface area contributed by atoms with Crippen LogP contribution in [0, 0.1) is 0 Å². The van der Waals surface area contributed by atoms with E-state index in [0.29, 0.717) is 17.4 Å². The summed E-state index contributed by atoms with van der Waals surface area (Å²) in [5.41, 5.74) is 0. The Morgan fingerprint density at radius 1 is 1.09 bits per heavy atom. The maximum absolute atomic E-state index is 11.8. The van der Waals surface area contributed by atoms with Crippen LogP contribution >= 0.6 is 0 Å². The second kappa shape index (κ2) is 12.1. The fraction of sp³-hybridized carbons (Fsp3) is 0.778. The van der Waals surface area contributed by atoms with Crippen molar-refractivity contribution >= 4 is 11.9 Å². The molecule has 1 atom stereocenters. The van der Waals surface area contributed by atoms with Gasteiger partial charge in [-0.1, -0.05) is 38.3 Å². The van der Waals surface area contributed by atoms with Crippen molar-refractivity contribution in [2.24, 2.45) is 0 Å². The minimum Gasteiger partial charge on any atom is -0.550 e. The predicted octanol–water partition coefficient (Wildman–Crippen LogP) is 2.05. The van der Waals surface area contributed by atoms with Gasteiger partial charge in [-0.25, -0.2) is 0 Å². The van der Waals surface area contributed by atoms with Gasteiger partial charge in [0, 0.05) is 18.8 Å². The molecule has 0 aliphatic rings. The molecule has 0 radical (unpaired) electrons. The summed E-state index contributed by atoms with van der Waals surface area (Å²) in [6.45, 7) is 2.64. The summed E-state index contributed by atoms with van der Waals surface area (Å²) in [4.78, 5) is 22.6. The minimum absolute atomic E-state index is 0.255. The lowest BCUT2D eigenvalue weighted by Gasteiger charge is -2.29. The highest BCUT2D eigenvalue weighted by Crippen LogP contribution is 2.08. The molecule has 0 spiro atoms. The van der Waals surface area contributed by atoms with E-state index in [1.165, 1.54) is 25.7 Å². The zero-order valence-corrected chi connectivity index (χ0v) is 15.2. The lowest BCUT2D eigenvalue weighted by molar-refractivity contribution is -0.873. The number of aliphatic carboxylic acids is 1. The van der Waals surface area contributed by atoms with E-state index in [1.807, 2.05) is 27.2 Å². The number of carboxylic acid groups (broad SMARTS) is 1. The van der Waals surface area contributed by atoms with Crippen molar-refractivity contribution in [3.05, 3.63) is 12.2 Å². The quantitative estimate of drug-likeness (QED) is 0.225. The molecule has 1 unspecified atom stereocenters. The van der Waals surface area contributed by atoms with Gasteiger partial charge in [0.2, 0.25) is 0 Å². The molecule has 0 heterocycles. The second-order valence-corrected chi connectivity index (χ2v) is 7.02. The summed E-state index contributed by atoms with van der Waals surface area (Å²) in [7, 11) is 5.78. The van der Waals surface area contributed by atoms with E-state index in [1.54, 1.807) is 0 Å². The number of hydrogen-bond donors (Lipinski definition) is 0. The highest BCUT2D eigenvalue weighted by atomic mass is 16.5. The molecule has 5 nitrogen and oxygen atoms in total. The molecule has 0 saturated carbocycles. The number of ether oxygens (including phenoxy) is 1. The van der Waals surface area contributed by atoms with Crippen LogP contribution in [0.1, 0.15) is 58.3 Å². The molecule has 0 aliphatic heterocycles. The molecule has 134 valence electrons. The Labute approximate surface area is 140 Å². The van der Waals surface area contributed by atoms with Crippen molar-refractivity contribution in [3.63, 3.8) is 0 Å². The van der Waals surface area contributed by atoms with Crippen LogP contribution in [0.4, 0.5) is 0 Å². The van der Waals surface area contributed by atoms with E-state index in [2.05, 4.69) is 13.0 Å². The molecule has 0 aromatic carbocycles. The zero-order valence-electron chi connectivity index (χ0n) is 15.2. The molecule has 0 aliphatic carbocycles. The molecule has 0 fully saturated rings. The van der Waals surface area contributed by atoms with Crippen molar-refractivity contribution in [1.82, 2.24) is 0 Å². The Morgan fingerprint density at radius 2 is 1.74 bits per heavy atom. The van der Waals surface area contributed by atoms with Gasteiger partial charge in [0.25, 0.3) is 0 Å². The minimum atomic E-state index is -1.19. The second-order valence-electron chi connectivity index (χ2n) is 7.02. The number of rotatable bonds is 13. The molecule has 0 bridgehead atoms. The van der Waals surface area contributed by atoms with E-state index in [4.69, 9.17) is 4.74 Å². The number of unbranched alkanes of at least 4 members (excludes halogenated alkanes) is 4. The lowest BCUT2D eigenvalue weighted by atomic mass is 10.1. The van der Waals surface area contributed by atoms with E-state index in [9.17, 15) is 14.7 Å². The fourth-order valence-corrected chi connectivity index (χ4v) is 2.31. The van der Waals surface area contributed by atoms with E-state index in [0.717, 1.165) is 6.42 Å². The first-order chi connectivity index (χ1) is 10.7. The normalized spacial score (nSPS) is 13.2. The number of allylic oxidation sites excluding steroid dienone is 2. The summed E-state index contributed by atoms with van der Waals surface area (Å²) in [6, 6.07) is 0. The van der Waals surface area contributed by atoms with Gasteiger partial charge in [0.15, 0.2) is 6.10 Å². The van der Waals surface area contributed by atoms with Crippen molar-refractivity contribution in [1.29, 1.82) is 0 Å². The van der Waals surface area contributed by atoms with Crippen LogP contribution < -0.4 is 5.11 Å². The van der Waals surface area contributed by atoms with Gasteiger partial charge in [0.1, 0.15) is 6.54 Å². The van der Waals surface area contributed by atoms with Gasteiger partial charge in [-0.05, 0) is 19.3 Å². The van der Waals surface area contributed by atoms with Crippen LogP contribution in [-0.4, -0.2) is 50.2 Å². The SMILES string of the molecule is CCCCCC/C=C/CCC(=O)OC(CC(=O)[O-])C[N+](C)(C)C. The Bertz CT molecular complexity index is 372. The van der Waals surface area contributed by atoms with Crippen LogP contribution in [0.15, 0.2) is 12.2 Å². The van der Waals surface area contributed by atoms with Gasteiger partial charge in [-0.2, -0.15) is 0 Å². The number of nitrogens with zero attached hydrogens (tertiary/aromatic N) is 1. The summed E-state index contributed by atoms with van der Waals surface area (Å²) < 4.78 is 5.82. The van der Waals surface area contributed by atoms with Gasteiger partial charge in [-0.15, -0.1) is 0 Å². The Balaban J connectivity index is 4.03. The van der Waals surface area contributed by atoms with Crippen LogP contribution in [0.5, 0.6) is 0 Å². The van der Waals surface area contributed by atoms with Gasteiger partial charge < -0.3 is 19.1 Å². The smallest absolute Gasteiger partial charge is 0.306 e. The number of carboxylic acids is 1. The Kier molecular flexibility index (Phi) is 11.4. The monoisotopic (exact) mass is 327 g/mol. The Morgan fingerprint density at radius 3 is 2.30 bits per heavy atom. The Hall–Kier alpha value is -1.36. The first-order valence-corrected chi connectivity index (χ1v) is 8.59. The standard InChI is InChI=1S/C18H33NO4/c1-5-6-7-8-9-10-11-12-13-18(22)23-16(14-17(20)21)15-19(2,3)4/h10-11,16H,5-9,12-15H2,1-4H3/b11-10+. The van der Waals surface area contributed by atoms with Crippen molar-refractivity contribution in [3.8, 4) is 0 Å². The zero-order chi connectivity index (χ0) is 17.7. The summed E-state index contributed by atoms with van der Waals surface area (Å²) in [5, 5.41) is 10.8. The molecule has 5 heteroatoms.